The van der Waals surface area contributed by atoms with Crippen molar-refractivity contribution in [1.29, 1.82) is 0 Å². The molecule has 0 bridgehead atoms. The fourth-order valence-electron chi connectivity index (χ4n) is 2.61. The van der Waals surface area contributed by atoms with Crippen LogP contribution in [0.5, 0.6) is 5.75 Å². The normalized spacial score (nSPS) is 11.4. The Morgan fingerprint density at radius 2 is 1.72 bits per heavy atom. The zero-order valence-electron chi connectivity index (χ0n) is 13.8. The number of hydrogen-bond acceptors (Lipinski definition) is 3. The third kappa shape index (κ3) is 3.99. The number of aryl methyl sites for hydroxylation is 1. The molecule has 0 amide bonds. The Morgan fingerprint density at radius 3 is 2.36 bits per heavy atom. The van der Waals surface area contributed by atoms with E-state index in [1.807, 2.05) is 37.3 Å². The third-order valence-corrected chi connectivity index (χ3v) is 5.14. The van der Waals surface area contributed by atoms with Gasteiger partial charge in [0.1, 0.15) is 15.0 Å². The Labute approximate surface area is 164 Å². The Balaban J connectivity index is 2.21. The van der Waals surface area contributed by atoms with Crippen LogP contribution in [0.4, 0.5) is 0 Å². The fourth-order valence-corrected chi connectivity index (χ4v) is 3.44. The maximum Gasteiger partial charge on any atom is 0.121 e. The predicted octanol–water partition coefficient (Wildman–Crippen LogP) is 5.91. The molecule has 0 unspecified atom stereocenters. The number of aromatic nitrogens is 2. The summed E-state index contributed by atoms with van der Waals surface area (Å²) in [6.45, 7) is 2.04. The van der Waals surface area contributed by atoms with E-state index < -0.39 is 0 Å². The van der Waals surface area contributed by atoms with Crippen LogP contribution in [0.2, 0.25) is 0 Å². The summed E-state index contributed by atoms with van der Waals surface area (Å²) in [6, 6.07) is 14.1. The highest BCUT2D eigenvalue weighted by atomic mass is 79.9. The van der Waals surface area contributed by atoms with Crippen LogP contribution in [0.25, 0.3) is 11.6 Å². The molecular weight excluding hydrogens is 444 g/mol. The first kappa shape index (κ1) is 17.8. The minimum atomic E-state index is 0.801. The van der Waals surface area contributed by atoms with Gasteiger partial charge in [-0.2, -0.15) is 0 Å². The largest absolute Gasteiger partial charge is 0.496 e. The number of rotatable bonds is 4. The molecule has 0 atom stereocenters. The van der Waals surface area contributed by atoms with Crippen molar-refractivity contribution in [3.63, 3.8) is 0 Å². The van der Waals surface area contributed by atoms with Crippen molar-refractivity contribution in [2.24, 2.45) is 0 Å². The van der Waals surface area contributed by atoms with Gasteiger partial charge in [0, 0.05) is 23.5 Å². The lowest BCUT2D eigenvalue weighted by atomic mass is 9.95. The summed E-state index contributed by atoms with van der Waals surface area (Å²) in [5.74, 6) is 0.871. The molecule has 25 heavy (non-hydrogen) atoms. The number of nitrogens with zero attached hydrogens (tertiary/aromatic N) is 2. The molecule has 2 heterocycles. The molecule has 0 fully saturated rings. The molecule has 3 aromatic rings. The Morgan fingerprint density at radius 1 is 1.00 bits per heavy atom. The van der Waals surface area contributed by atoms with Crippen molar-refractivity contribution in [1.82, 2.24) is 9.97 Å². The van der Waals surface area contributed by atoms with Crippen LogP contribution in [-0.2, 0) is 0 Å². The lowest BCUT2D eigenvalue weighted by Gasteiger charge is -2.13. The summed E-state index contributed by atoms with van der Waals surface area (Å²) in [7, 11) is 1.68. The van der Waals surface area contributed by atoms with Gasteiger partial charge in [0.25, 0.3) is 0 Å². The lowest BCUT2D eigenvalue weighted by Crippen LogP contribution is -1.95. The lowest BCUT2D eigenvalue weighted by molar-refractivity contribution is 0.411. The highest BCUT2D eigenvalue weighted by molar-refractivity contribution is 9.10. The molecule has 1 aromatic carbocycles. The molecule has 0 spiro atoms. The molecule has 0 aliphatic heterocycles. The molecule has 0 saturated heterocycles. The highest BCUT2D eigenvalue weighted by Crippen LogP contribution is 2.33. The SMILES string of the molecule is COc1ccc(/C(=C/c2cccnc2Br)c2cccnc2Br)cc1C. The van der Waals surface area contributed by atoms with E-state index in [-0.39, 0.29) is 0 Å². The standard InChI is InChI=1S/C20H16Br2N2O/c1-13-11-14(7-8-18(13)25-2)17(16-6-4-10-24-20(16)22)12-15-5-3-9-23-19(15)21/h3-12H,1-2H3/b17-12-. The van der Waals surface area contributed by atoms with Gasteiger partial charge in [-0.25, -0.2) is 9.97 Å². The van der Waals surface area contributed by atoms with Crippen molar-refractivity contribution < 1.29 is 4.74 Å². The second-order valence-electron chi connectivity index (χ2n) is 5.47. The highest BCUT2D eigenvalue weighted by Gasteiger charge is 2.12. The van der Waals surface area contributed by atoms with Gasteiger partial charge >= 0.3 is 0 Å². The van der Waals surface area contributed by atoms with Gasteiger partial charge in [-0.1, -0.05) is 18.2 Å². The predicted molar refractivity (Wildman–Crippen MR) is 109 cm³/mol. The van der Waals surface area contributed by atoms with Gasteiger partial charge in [0.15, 0.2) is 0 Å². The van der Waals surface area contributed by atoms with Gasteiger partial charge in [0.05, 0.1) is 7.11 Å². The van der Waals surface area contributed by atoms with Gasteiger partial charge in [0.2, 0.25) is 0 Å². The number of methoxy groups -OCH3 is 1. The van der Waals surface area contributed by atoms with Gasteiger partial charge in [-0.15, -0.1) is 0 Å². The number of hydrogen-bond donors (Lipinski definition) is 0. The average molecular weight is 460 g/mol. The number of benzene rings is 1. The van der Waals surface area contributed by atoms with Crippen LogP contribution in [0.1, 0.15) is 22.3 Å². The Kier molecular flexibility index (Phi) is 5.66. The van der Waals surface area contributed by atoms with E-state index in [4.69, 9.17) is 4.74 Å². The Bertz CT molecular complexity index is 938. The zero-order valence-corrected chi connectivity index (χ0v) is 17.0. The van der Waals surface area contributed by atoms with Crippen molar-refractivity contribution in [3.8, 4) is 5.75 Å². The second kappa shape index (κ2) is 7.93. The minimum Gasteiger partial charge on any atom is -0.496 e. The van der Waals surface area contributed by atoms with E-state index in [0.29, 0.717) is 0 Å². The van der Waals surface area contributed by atoms with Gasteiger partial charge in [-0.3, -0.25) is 0 Å². The summed E-state index contributed by atoms with van der Waals surface area (Å²) in [4.78, 5) is 8.68. The molecule has 5 heteroatoms. The Hall–Kier alpha value is -1.98. The molecule has 0 aliphatic carbocycles. The molecule has 0 radical (unpaired) electrons. The van der Waals surface area contributed by atoms with E-state index in [2.05, 4.69) is 60.0 Å². The maximum absolute atomic E-state index is 5.39. The smallest absolute Gasteiger partial charge is 0.121 e. The minimum absolute atomic E-state index is 0.801. The fraction of sp³-hybridized carbons (Fsp3) is 0.100. The van der Waals surface area contributed by atoms with E-state index in [1.165, 1.54) is 0 Å². The van der Waals surface area contributed by atoms with Crippen LogP contribution in [0.15, 0.2) is 64.1 Å². The van der Waals surface area contributed by atoms with Crippen LogP contribution in [0, 0.1) is 6.92 Å². The summed E-state index contributed by atoms with van der Waals surface area (Å²) in [5, 5.41) is 0. The molecule has 3 nitrogen and oxygen atoms in total. The third-order valence-electron chi connectivity index (χ3n) is 3.84. The first-order valence-electron chi connectivity index (χ1n) is 7.68. The van der Waals surface area contributed by atoms with E-state index in [1.54, 1.807) is 19.5 Å². The quantitative estimate of drug-likeness (QED) is 0.455. The molecule has 126 valence electrons. The average Bonchev–Trinajstić information content (AvgIpc) is 2.62. The number of halogens is 2. The van der Waals surface area contributed by atoms with E-state index in [9.17, 15) is 0 Å². The molecule has 0 N–H and O–H groups in total. The second-order valence-corrected chi connectivity index (χ2v) is 6.97. The number of ether oxygens (including phenoxy) is 1. The van der Waals surface area contributed by atoms with E-state index >= 15 is 0 Å². The first-order valence-corrected chi connectivity index (χ1v) is 9.27. The van der Waals surface area contributed by atoms with E-state index in [0.717, 1.165) is 42.8 Å². The van der Waals surface area contributed by atoms with Crippen molar-refractivity contribution in [2.75, 3.05) is 7.11 Å². The monoisotopic (exact) mass is 458 g/mol. The van der Waals surface area contributed by atoms with Gasteiger partial charge in [-0.05, 0) is 85.8 Å². The maximum atomic E-state index is 5.39. The molecule has 2 aromatic heterocycles. The topological polar surface area (TPSA) is 35.0 Å². The van der Waals surface area contributed by atoms with Crippen molar-refractivity contribution >= 4 is 43.5 Å². The van der Waals surface area contributed by atoms with Crippen LogP contribution in [0.3, 0.4) is 0 Å². The summed E-state index contributed by atoms with van der Waals surface area (Å²) in [5.41, 5.74) is 5.24. The van der Waals surface area contributed by atoms with Crippen molar-refractivity contribution in [3.05, 3.63) is 86.3 Å². The van der Waals surface area contributed by atoms with Crippen LogP contribution in [-0.4, -0.2) is 17.1 Å². The summed E-state index contributed by atoms with van der Waals surface area (Å²) >= 11 is 7.09. The van der Waals surface area contributed by atoms with Gasteiger partial charge < -0.3 is 4.74 Å². The molecule has 0 aliphatic rings. The summed E-state index contributed by atoms with van der Waals surface area (Å²) < 4.78 is 6.99. The van der Waals surface area contributed by atoms with Crippen LogP contribution < -0.4 is 4.74 Å². The zero-order chi connectivity index (χ0) is 17.8. The summed E-state index contributed by atoms with van der Waals surface area (Å²) in [6.07, 6.45) is 5.64. The molecule has 3 rings (SSSR count). The molecule has 0 saturated carbocycles. The van der Waals surface area contributed by atoms with Crippen molar-refractivity contribution in [2.45, 2.75) is 6.92 Å². The number of pyridine rings is 2. The first-order chi connectivity index (χ1) is 12.1. The molecular formula is C20H16Br2N2O. The van der Waals surface area contributed by atoms with Crippen LogP contribution >= 0.6 is 31.9 Å².